The third kappa shape index (κ3) is 4.67. The molecule has 1 aromatic heterocycles. The molecule has 0 saturated carbocycles. The van der Waals surface area contributed by atoms with Crippen LogP contribution in [0.4, 0.5) is 0 Å². The summed E-state index contributed by atoms with van der Waals surface area (Å²) in [6.45, 7) is 0.424. The van der Waals surface area contributed by atoms with Crippen LogP contribution in [0.1, 0.15) is 15.9 Å². The van der Waals surface area contributed by atoms with Crippen molar-refractivity contribution < 1.29 is 14.3 Å². The Labute approximate surface area is 199 Å². The van der Waals surface area contributed by atoms with E-state index in [1.165, 1.54) is 26.4 Å². The summed E-state index contributed by atoms with van der Waals surface area (Å²) in [7, 11) is 2.95. The van der Waals surface area contributed by atoms with Gasteiger partial charge in [0.25, 0.3) is 11.5 Å². The molecule has 0 spiro atoms. The quantitative estimate of drug-likeness (QED) is 0.423. The molecule has 0 radical (unpaired) electrons. The number of methoxy groups -OCH3 is 2. The van der Waals surface area contributed by atoms with E-state index in [0.717, 1.165) is 10.1 Å². The van der Waals surface area contributed by atoms with Gasteiger partial charge in [-0.1, -0.05) is 23.7 Å². The Bertz CT molecular complexity index is 1480. The average Bonchev–Trinajstić information content (AvgIpc) is 2.85. The molecule has 0 aliphatic rings. The number of nitrogens with zero attached hydrogens (tertiary/aromatic N) is 1. The molecular formula is C25H22ClN3O5. The second-order valence-corrected chi connectivity index (χ2v) is 7.94. The van der Waals surface area contributed by atoms with Crippen molar-refractivity contribution in [3.63, 3.8) is 0 Å². The number of H-pyrrole nitrogens is 1. The number of aromatic amines is 1. The van der Waals surface area contributed by atoms with E-state index in [-0.39, 0.29) is 22.5 Å². The Morgan fingerprint density at radius 1 is 1.00 bits per heavy atom. The molecule has 9 heteroatoms. The lowest BCUT2D eigenvalue weighted by molar-refractivity contribution is 0.0954. The second kappa shape index (κ2) is 9.84. The lowest BCUT2D eigenvalue weighted by atomic mass is 10.1. The number of carbonyl (C=O) groups is 1. The van der Waals surface area contributed by atoms with Gasteiger partial charge in [0.15, 0.2) is 0 Å². The molecule has 1 amide bonds. The Morgan fingerprint density at radius 2 is 1.76 bits per heavy atom. The molecule has 0 atom stereocenters. The summed E-state index contributed by atoms with van der Waals surface area (Å²) >= 11 is 5.89. The van der Waals surface area contributed by atoms with Crippen molar-refractivity contribution in [1.82, 2.24) is 14.9 Å². The molecule has 0 bridgehead atoms. The summed E-state index contributed by atoms with van der Waals surface area (Å²) in [5.74, 6) is 0.526. The zero-order valence-corrected chi connectivity index (χ0v) is 19.3. The Hall–Kier alpha value is -4.04. The van der Waals surface area contributed by atoms with Crippen LogP contribution in [0.25, 0.3) is 16.6 Å². The fourth-order valence-corrected chi connectivity index (χ4v) is 3.75. The number of hydrogen-bond acceptors (Lipinski definition) is 5. The number of aromatic nitrogens is 2. The first-order chi connectivity index (χ1) is 16.4. The normalized spacial score (nSPS) is 10.8. The maximum atomic E-state index is 13.2. The number of benzene rings is 3. The summed E-state index contributed by atoms with van der Waals surface area (Å²) in [6.07, 6.45) is 0.641. The summed E-state index contributed by atoms with van der Waals surface area (Å²) in [5.41, 5.74) is 0.739. The van der Waals surface area contributed by atoms with Crippen LogP contribution >= 0.6 is 11.6 Å². The van der Waals surface area contributed by atoms with Gasteiger partial charge in [0, 0.05) is 23.2 Å². The number of fused-ring (bicyclic) bond motifs is 1. The first-order valence-electron chi connectivity index (χ1n) is 10.5. The van der Waals surface area contributed by atoms with Crippen LogP contribution in [0.15, 0.2) is 70.3 Å². The van der Waals surface area contributed by atoms with Crippen LogP contribution in [0.5, 0.6) is 11.5 Å². The van der Waals surface area contributed by atoms with Crippen molar-refractivity contribution in [2.45, 2.75) is 6.42 Å². The largest absolute Gasteiger partial charge is 0.497 e. The predicted molar refractivity (Wildman–Crippen MR) is 131 cm³/mol. The number of amides is 1. The molecule has 3 aromatic carbocycles. The van der Waals surface area contributed by atoms with E-state index in [1.54, 1.807) is 36.4 Å². The van der Waals surface area contributed by atoms with E-state index >= 15 is 0 Å². The number of ether oxygens (including phenoxy) is 2. The molecular weight excluding hydrogens is 458 g/mol. The monoisotopic (exact) mass is 479 g/mol. The third-order valence-electron chi connectivity index (χ3n) is 5.40. The number of carbonyl (C=O) groups excluding carboxylic acids is 1. The molecule has 4 rings (SSSR count). The molecule has 4 aromatic rings. The van der Waals surface area contributed by atoms with Crippen molar-refractivity contribution in [1.29, 1.82) is 0 Å². The highest BCUT2D eigenvalue weighted by atomic mass is 35.5. The van der Waals surface area contributed by atoms with E-state index in [9.17, 15) is 14.4 Å². The van der Waals surface area contributed by atoms with Gasteiger partial charge < -0.3 is 19.8 Å². The topological polar surface area (TPSA) is 102 Å². The minimum absolute atomic E-state index is 0.259. The number of hydrogen-bond donors (Lipinski definition) is 2. The smallest absolute Gasteiger partial charge is 0.333 e. The standard InChI is InChI=1S/C25H22ClN3O5/c1-33-18-8-10-21(22(14-18)34-2)29-24(31)19-9-5-16(13-20(19)28-25(29)32)23(30)27-12-11-15-3-6-17(26)7-4-15/h3-10,13-14H,11-12H2,1-2H3,(H,27,30)(H,28,32). The maximum Gasteiger partial charge on any atom is 0.333 e. The summed E-state index contributed by atoms with van der Waals surface area (Å²) in [5, 5.41) is 3.76. The van der Waals surface area contributed by atoms with E-state index in [0.29, 0.717) is 35.1 Å². The van der Waals surface area contributed by atoms with Crippen LogP contribution in [0, 0.1) is 0 Å². The molecule has 8 nitrogen and oxygen atoms in total. The van der Waals surface area contributed by atoms with E-state index < -0.39 is 11.2 Å². The van der Waals surface area contributed by atoms with Gasteiger partial charge in [-0.25, -0.2) is 9.36 Å². The van der Waals surface area contributed by atoms with Gasteiger partial charge in [-0.3, -0.25) is 9.59 Å². The zero-order chi connectivity index (χ0) is 24.2. The highest BCUT2D eigenvalue weighted by Gasteiger charge is 2.16. The maximum absolute atomic E-state index is 13.2. The van der Waals surface area contributed by atoms with Gasteiger partial charge in [0.1, 0.15) is 11.5 Å². The van der Waals surface area contributed by atoms with Crippen LogP contribution in [0.2, 0.25) is 5.02 Å². The average molecular weight is 480 g/mol. The number of halogens is 1. The van der Waals surface area contributed by atoms with Gasteiger partial charge in [-0.2, -0.15) is 0 Å². The van der Waals surface area contributed by atoms with E-state index in [2.05, 4.69) is 10.3 Å². The van der Waals surface area contributed by atoms with Gasteiger partial charge in [-0.05, 0) is 54.4 Å². The number of nitrogens with one attached hydrogen (secondary N) is 2. The van der Waals surface area contributed by atoms with Crippen molar-refractivity contribution in [3.05, 3.63) is 97.7 Å². The number of rotatable bonds is 7. The van der Waals surface area contributed by atoms with Crippen LogP contribution in [0.3, 0.4) is 0 Å². The minimum Gasteiger partial charge on any atom is -0.497 e. The van der Waals surface area contributed by atoms with Crippen molar-refractivity contribution in [2.24, 2.45) is 0 Å². The van der Waals surface area contributed by atoms with Gasteiger partial charge in [0.05, 0.1) is 30.8 Å². The minimum atomic E-state index is -0.652. The van der Waals surface area contributed by atoms with E-state index in [1.807, 2.05) is 12.1 Å². The lowest BCUT2D eigenvalue weighted by Gasteiger charge is -2.12. The van der Waals surface area contributed by atoms with Crippen molar-refractivity contribution >= 4 is 28.4 Å². The zero-order valence-electron chi connectivity index (χ0n) is 18.6. The van der Waals surface area contributed by atoms with Gasteiger partial charge in [0.2, 0.25) is 0 Å². The lowest BCUT2D eigenvalue weighted by Crippen LogP contribution is -2.34. The SMILES string of the molecule is COc1ccc(-n2c(=O)[nH]c3cc(C(=O)NCCc4ccc(Cl)cc4)ccc3c2=O)c(OC)c1. The molecule has 0 saturated heterocycles. The first-order valence-corrected chi connectivity index (χ1v) is 10.8. The summed E-state index contributed by atoms with van der Waals surface area (Å²) < 4.78 is 11.5. The molecule has 0 aliphatic heterocycles. The fraction of sp³-hybridized carbons (Fsp3) is 0.160. The molecule has 0 aliphatic carbocycles. The molecule has 2 N–H and O–H groups in total. The van der Waals surface area contributed by atoms with E-state index in [4.69, 9.17) is 21.1 Å². The second-order valence-electron chi connectivity index (χ2n) is 7.50. The molecule has 34 heavy (non-hydrogen) atoms. The third-order valence-corrected chi connectivity index (χ3v) is 5.65. The Kier molecular flexibility index (Phi) is 6.70. The first kappa shape index (κ1) is 23.1. The summed E-state index contributed by atoms with van der Waals surface area (Å²) in [6, 6.07) is 16.8. The van der Waals surface area contributed by atoms with Crippen molar-refractivity contribution in [2.75, 3.05) is 20.8 Å². The molecule has 0 fully saturated rings. The molecule has 0 unspecified atom stereocenters. The van der Waals surface area contributed by atoms with Crippen LogP contribution in [-0.4, -0.2) is 36.2 Å². The van der Waals surface area contributed by atoms with Crippen LogP contribution < -0.4 is 26.0 Å². The molecule has 1 heterocycles. The highest BCUT2D eigenvalue weighted by molar-refractivity contribution is 6.30. The van der Waals surface area contributed by atoms with Crippen molar-refractivity contribution in [3.8, 4) is 17.2 Å². The van der Waals surface area contributed by atoms with Crippen LogP contribution in [-0.2, 0) is 6.42 Å². The molecule has 174 valence electrons. The van der Waals surface area contributed by atoms with Gasteiger partial charge in [-0.15, -0.1) is 0 Å². The highest BCUT2D eigenvalue weighted by Crippen LogP contribution is 2.26. The van der Waals surface area contributed by atoms with Gasteiger partial charge >= 0.3 is 5.69 Å². The fourth-order valence-electron chi connectivity index (χ4n) is 3.62. The summed E-state index contributed by atoms with van der Waals surface area (Å²) in [4.78, 5) is 41.3. The Morgan fingerprint density at radius 3 is 2.47 bits per heavy atom. The Balaban J connectivity index is 1.60. The predicted octanol–water partition coefficient (Wildman–Crippen LogP) is 3.32.